The summed E-state index contributed by atoms with van der Waals surface area (Å²) in [6, 6.07) is 4.05. The van der Waals surface area contributed by atoms with E-state index >= 15 is 0 Å². The summed E-state index contributed by atoms with van der Waals surface area (Å²) in [4.78, 5) is 0. The summed E-state index contributed by atoms with van der Waals surface area (Å²) in [6.07, 6.45) is 0. The lowest BCUT2D eigenvalue weighted by Crippen LogP contribution is -2.14. The fourth-order valence-corrected chi connectivity index (χ4v) is 1.10. The predicted octanol–water partition coefficient (Wildman–Crippen LogP) is 1.58. The van der Waals surface area contributed by atoms with Gasteiger partial charge < -0.3 is 10.8 Å². The van der Waals surface area contributed by atoms with Gasteiger partial charge in [-0.2, -0.15) is 0 Å². The van der Waals surface area contributed by atoms with Gasteiger partial charge in [-0.25, -0.2) is 4.39 Å². The molecule has 0 heterocycles. The van der Waals surface area contributed by atoms with Crippen LogP contribution in [0.3, 0.4) is 0 Å². The molecule has 3 N–H and O–H groups in total. The number of nitrogens with two attached hydrogens (primary N) is 1. The number of rotatable bonds is 2. The maximum Gasteiger partial charge on any atom is 0.137 e. The van der Waals surface area contributed by atoms with Gasteiger partial charge in [-0.05, 0) is 33.6 Å². The average molecular weight is 234 g/mol. The van der Waals surface area contributed by atoms with Crippen molar-refractivity contribution >= 4 is 15.9 Å². The van der Waals surface area contributed by atoms with Crippen LogP contribution in [0.15, 0.2) is 22.7 Å². The molecule has 1 aromatic carbocycles. The lowest BCUT2D eigenvalue weighted by molar-refractivity contribution is 0.268. The van der Waals surface area contributed by atoms with E-state index in [1.54, 1.807) is 12.1 Å². The largest absolute Gasteiger partial charge is 0.394 e. The number of benzene rings is 1. The van der Waals surface area contributed by atoms with Gasteiger partial charge in [-0.1, -0.05) is 6.07 Å². The molecule has 0 spiro atoms. The summed E-state index contributed by atoms with van der Waals surface area (Å²) >= 11 is 3.02. The summed E-state index contributed by atoms with van der Waals surface area (Å²) in [7, 11) is 0. The second kappa shape index (κ2) is 3.98. The molecule has 1 aromatic rings. The zero-order valence-electron chi connectivity index (χ0n) is 6.30. The SMILES string of the molecule is N[C@@H](CO)c1ccc(Br)c(F)c1. The van der Waals surface area contributed by atoms with Crippen LogP contribution < -0.4 is 5.73 Å². The van der Waals surface area contributed by atoms with Crippen molar-refractivity contribution in [1.29, 1.82) is 0 Å². The van der Waals surface area contributed by atoms with Gasteiger partial charge in [0.2, 0.25) is 0 Å². The van der Waals surface area contributed by atoms with Gasteiger partial charge in [-0.3, -0.25) is 0 Å². The minimum atomic E-state index is -0.507. The van der Waals surface area contributed by atoms with Crippen LogP contribution in [0.1, 0.15) is 11.6 Å². The van der Waals surface area contributed by atoms with Crippen LogP contribution in [0.4, 0.5) is 4.39 Å². The molecule has 12 heavy (non-hydrogen) atoms. The van der Waals surface area contributed by atoms with Gasteiger partial charge in [0.25, 0.3) is 0 Å². The van der Waals surface area contributed by atoms with Gasteiger partial charge in [0.1, 0.15) is 5.82 Å². The average Bonchev–Trinajstić information content (AvgIpc) is 2.08. The summed E-state index contributed by atoms with van der Waals surface area (Å²) in [5.41, 5.74) is 6.08. The second-order valence-corrected chi connectivity index (χ2v) is 3.32. The monoisotopic (exact) mass is 233 g/mol. The molecule has 0 saturated heterocycles. The Kier molecular flexibility index (Phi) is 3.20. The van der Waals surface area contributed by atoms with Crippen molar-refractivity contribution in [1.82, 2.24) is 0 Å². The van der Waals surface area contributed by atoms with Crippen molar-refractivity contribution in [3.8, 4) is 0 Å². The third-order valence-corrected chi connectivity index (χ3v) is 2.21. The van der Waals surface area contributed by atoms with Gasteiger partial charge in [0, 0.05) is 0 Å². The lowest BCUT2D eigenvalue weighted by atomic mass is 10.1. The maximum atomic E-state index is 12.9. The molecule has 0 bridgehead atoms. The molecule has 0 aliphatic heterocycles. The van der Waals surface area contributed by atoms with Crippen LogP contribution in [0, 0.1) is 5.82 Å². The third-order valence-electron chi connectivity index (χ3n) is 1.57. The Morgan fingerprint density at radius 1 is 1.58 bits per heavy atom. The Labute approximate surface area is 78.3 Å². The standard InChI is InChI=1S/C8H9BrFNO/c9-6-2-1-5(3-7(6)10)8(11)4-12/h1-3,8,12H,4,11H2/t8-/m0/s1. The van der Waals surface area contributed by atoms with Crippen molar-refractivity contribution in [3.63, 3.8) is 0 Å². The van der Waals surface area contributed by atoms with E-state index in [0.717, 1.165) is 0 Å². The Balaban J connectivity index is 2.96. The minimum Gasteiger partial charge on any atom is -0.394 e. The lowest BCUT2D eigenvalue weighted by Gasteiger charge is -2.08. The normalized spacial score (nSPS) is 13.0. The number of aliphatic hydroxyl groups is 1. The van der Waals surface area contributed by atoms with E-state index in [1.165, 1.54) is 6.07 Å². The first-order valence-corrected chi connectivity index (χ1v) is 4.26. The van der Waals surface area contributed by atoms with E-state index in [-0.39, 0.29) is 12.4 Å². The minimum absolute atomic E-state index is 0.179. The van der Waals surface area contributed by atoms with Gasteiger partial charge in [0.15, 0.2) is 0 Å². The van der Waals surface area contributed by atoms with Crippen molar-refractivity contribution in [2.75, 3.05) is 6.61 Å². The predicted molar refractivity (Wildman–Crippen MR) is 48.1 cm³/mol. The molecule has 0 fully saturated rings. The third kappa shape index (κ3) is 2.03. The first-order valence-electron chi connectivity index (χ1n) is 3.46. The van der Waals surface area contributed by atoms with E-state index < -0.39 is 6.04 Å². The highest BCUT2D eigenvalue weighted by Crippen LogP contribution is 2.19. The van der Waals surface area contributed by atoms with Gasteiger partial charge >= 0.3 is 0 Å². The maximum absolute atomic E-state index is 12.9. The molecule has 0 aromatic heterocycles. The van der Waals surface area contributed by atoms with Crippen molar-refractivity contribution in [2.45, 2.75) is 6.04 Å². The first kappa shape index (κ1) is 9.64. The summed E-state index contributed by atoms with van der Waals surface area (Å²) < 4.78 is 13.3. The molecular formula is C8H9BrFNO. The van der Waals surface area contributed by atoms with E-state index in [2.05, 4.69) is 15.9 Å². The topological polar surface area (TPSA) is 46.2 Å². The van der Waals surface area contributed by atoms with E-state index in [4.69, 9.17) is 10.8 Å². The van der Waals surface area contributed by atoms with E-state index in [9.17, 15) is 4.39 Å². The Morgan fingerprint density at radius 3 is 2.75 bits per heavy atom. The summed E-state index contributed by atoms with van der Waals surface area (Å²) in [5.74, 6) is -0.364. The van der Waals surface area contributed by atoms with Crippen LogP contribution in [0.25, 0.3) is 0 Å². The molecule has 66 valence electrons. The van der Waals surface area contributed by atoms with E-state index in [0.29, 0.717) is 10.0 Å². The zero-order chi connectivity index (χ0) is 9.14. The highest BCUT2D eigenvalue weighted by molar-refractivity contribution is 9.10. The quantitative estimate of drug-likeness (QED) is 0.815. The Bertz CT molecular complexity index is 280. The molecule has 4 heteroatoms. The van der Waals surface area contributed by atoms with Gasteiger partial charge in [0.05, 0.1) is 17.1 Å². The highest BCUT2D eigenvalue weighted by Gasteiger charge is 2.06. The molecule has 0 aliphatic carbocycles. The number of hydrogen-bond acceptors (Lipinski definition) is 2. The van der Waals surface area contributed by atoms with Crippen LogP contribution in [0.5, 0.6) is 0 Å². The smallest absolute Gasteiger partial charge is 0.137 e. The van der Waals surface area contributed by atoms with Gasteiger partial charge in [-0.15, -0.1) is 0 Å². The van der Waals surface area contributed by atoms with Crippen molar-refractivity contribution < 1.29 is 9.50 Å². The Hall–Kier alpha value is -0.450. The van der Waals surface area contributed by atoms with Crippen LogP contribution in [-0.4, -0.2) is 11.7 Å². The van der Waals surface area contributed by atoms with Crippen LogP contribution in [0.2, 0.25) is 0 Å². The van der Waals surface area contributed by atoms with E-state index in [1.807, 2.05) is 0 Å². The molecule has 0 amide bonds. The first-order chi connectivity index (χ1) is 5.65. The molecular weight excluding hydrogens is 225 g/mol. The molecule has 0 saturated carbocycles. The Morgan fingerprint density at radius 2 is 2.25 bits per heavy atom. The van der Waals surface area contributed by atoms with Crippen LogP contribution >= 0.6 is 15.9 Å². The molecule has 1 rings (SSSR count). The second-order valence-electron chi connectivity index (χ2n) is 2.46. The van der Waals surface area contributed by atoms with Crippen molar-refractivity contribution in [2.24, 2.45) is 5.73 Å². The number of aliphatic hydroxyl groups excluding tert-OH is 1. The van der Waals surface area contributed by atoms with Crippen molar-refractivity contribution in [3.05, 3.63) is 34.1 Å². The number of halogens is 2. The molecule has 0 aliphatic rings. The molecule has 1 atom stereocenters. The fourth-order valence-electron chi connectivity index (χ4n) is 0.848. The highest BCUT2D eigenvalue weighted by atomic mass is 79.9. The fraction of sp³-hybridized carbons (Fsp3) is 0.250. The molecule has 0 unspecified atom stereocenters. The molecule has 2 nitrogen and oxygen atoms in total. The summed E-state index contributed by atoms with van der Waals surface area (Å²) in [5, 5.41) is 8.69. The summed E-state index contributed by atoms with van der Waals surface area (Å²) in [6.45, 7) is -0.179. The van der Waals surface area contributed by atoms with Crippen LogP contribution in [-0.2, 0) is 0 Å². The zero-order valence-corrected chi connectivity index (χ0v) is 7.88. The number of hydrogen-bond donors (Lipinski definition) is 2. The molecule has 0 radical (unpaired) electrons.